The number of para-hydroxylation sites is 1. The van der Waals surface area contributed by atoms with Crippen LogP contribution in [0.2, 0.25) is 0 Å². The van der Waals surface area contributed by atoms with E-state index in [2.05, 4.69) is 12.1 Å². The molecule has 1 aliphatic heterocycles. The van der Waals surface area contributed by atoms with Crippen molar-refractivity contribution in [2.45, 2.75) is 18.8 Å². The summed E-state index contributed by atoms with van der Waals surface area (Å²) in [5.41, 5.74) is 2.07. The lowest BCUT2D eigenvalue weighted by Crippen LogP contribution is -2.33. The van der Waals surface area contributed by atoms with E-state index in [1.165, 1.54) is 16.8 Å². The molecule has 1 aliphatic rings. The van der Waals surface area contributed by atoms with Gasteiger partial charge < -0.3 is 4.90 Å². The molecule has 0 saturated carbocycles. The molecule has 0 aliphatic carbocycles. The molecule has 26 heavy (non-hydrogen) atoms. The van der Waals surface area contributed by atoms with Gasteiger partial charge in [0.2, 0.25) is 0 Å². The molecule has 1 fully saturated rings. The molecule has 0 bridgehead atoms. The van der Waals surface area contributed by atoms with Crippen LogP contribution in [0, 0.1) is 21.4 Å². The summed E-state index contributed by atoms with van der Waals surface area (Å²) in [5, 5.41) is 21.6. The predicted molar refractivity (Wildman–Crippen MR) is 102 cm³/mol. The number of hydrogen-bond donors (Lipinski definition) is 0. The van der Waals surface area contributed by atoms with Gasteiger partial charge in [-0.2, -0.15) is 5.26 Å². The third-order valence-corrected chi connectivity index (χ3v) is 6.00. The number of fused-ring (bicyclic) bond motifs is 1. The van der Waals surface area contributed by atoms with E-state index in [0.29, 0.717) is 17.2 Å². The van der Waals surface area contributed by atoms with E-state index in [0.717, 1.165) is 36.5 Å². The fraction of sp³-hybridized carbons (Fsp3) is 0.263. The normalized spacial score (nSPS) is 15.1. The Hall–Kier alpha value is -2.98. The van der Waals surface area contributed by atoms with E-state index in [4.69, 9.17) is 10.2 Å². The molecule has 3 aromatic rings. The van der Waals surface area contributed by atoms with Gasteiger partial charge in [-0.05, 0) is 37.1 Å². The second-order valence-corrected chi connectivity index (χ2v) is 7.42. The zero-order valence-electron chi connectivity index (χ0n) is 14.0. The van der Waals surface area contributed by atoms with Crippen LogP contribution in [0.25, 0.3) is 10.2 Å². The minimum absolute atomic E-state index is 0.0578. The first kappa shape index (κ1) is 16.5. The number of thiazole rings is 1. The summed E-state index contributed by atoms with van der Waals surface area (Å²) in [4.78, 5) is 17.7. The van der Waals surface area contributed by atoms with Crippen LogP contribution in [-0.4, -0.2) is 23.0 Å². The largest absolute Gasteiger partial charge is 0.366 e. The molecule has 2 aromatic carbocycles. The summed E-state index contributed by atoms with van der Waals surface area (Å²) in [5.74, 6) is 0.377. The van der Waals surface area contributed by atoms with Gasteiger partial charge in [-0.3, -0.25) is 10.1 Å². The van der Waals surface area contributed by atoms with Gasteiger partial charge in [0.25, 0.3) is 5.69 Å². The lowest BCUT2D eigenvalue weighted by molar-refractivity contribution is -0.384. The highest BCUT2D eigenvalue weighted by atomic mass is 32.1. The Morgan fingerprint density at radius 3 is 2.69 bits per heavy atom. The fourth-order valence-corrected chi connectivity index (χ4v) is 4.57. The summed E-state index contributed by atoms with van der Waals surface area (Å²) in [6.07, 6.45) is 1.79. The number of piperidine rings is 1. The molecule has 6 nitrogen and oxygen atoms in total. The van der Waals surface area contributed by atoms with Gasteiger partial charge in [-0.15, -0.1) is 11.3 Å². The number of nitriles is 1. The van der Waals surface area contributed by atoms with E-state index in [-0.39, 0.29) is 10.6 Å². The van der Waals surface area contributed by atoms with Crippen LogP contribution in [0.15, 0.2) is 42.5 Å². The Bertz CT molecular complexity index is 983. The number of aromatic nitrogens is 1. The van der Waals surface area contributed by atoms with Crippen molar-refractivity contribution in [3.05, 3.63) is 63.1 Å². The van der Waals surface area contributed by atoms with Crippen molar-refractivity contribution in [2.24, 2.45) is 0 Å². The topological polar surface area (TPSA) is 83.1 Å². The minimum Gasteiger partial charge on any atom is -0.366 e. The molecule has 0 N–H and O–H groups in total. The molecule has 0 spiro atoms. The summed E-state index contributed by atoms with van der Waals surface area (Å²) in [6.45, 7) is 1.44. The second kappa shape index (κ2) is 6.73. The average molecular weight is 364 g/mol. The van der Waals surface area contributed by atoms with E-state index in [1.807, 2.05) is 23.1 Å². The smallest absolute Gasteiger partial charge is 0.292 e. The third-order valence-electron chi connectivity index (χ3n) is 4.80. The lowest BCUT2D eigenvalue weighted by atomic mass is 9.96. The van der Waals surface area contributed by atoms with Gasteiger partial charge in [0.05, 0.1) is 31.8 Å². The Morgan fingerprint density at radius 1 is 1.23 bits per heavy atom. The van der Waals surface area contributed by atoms with Crippen molar-refractivity contribution >= 4 is 32.9 Å². The van der Waals surface area contributed by atoms with Crippen molar-refractivity contribution in [3.63, 3.8) is 0 Å². The molecule has 0 radical (unpaired) electrons. The average Bonchev–Trinajstić information content (AvgIpc) is 3.11. The molecule has 4 rings (SSSR count). The molecule has 0 atom stereocenters. The standard InChI is InChI=1S/C19H16N4O2S/c20-12-13-5-6-16(23(24)25)17(11-13)22-9-7-14(8-10-22)19-21-15-3-1-2-4-18(15)26-19/h1-6,11,14H,7-10H2. The van der Waals surface area contributed by atoms with Crippen LogP contribution in [0.3, 0.4) is 0 Å². The molecule has 2 heterocycles. The number of nitro groups is 1. The van der Waals surface area contributed by atoms with Crippen LogP contribution in [-0.2, 0) is 0 Å². The minimum atomic E-state index is -0.379. The highest BCUT2D eigenvalue weighted by molar-refractivity contribution is 7.18. The Balaban J connectivity index is 1.55. The molecule has 1 saturated heterocycles. The summed E-state index contributed by atoms with van der Waals surface area (Å²) >= 11 is 1.73. The monoisotopic (exact) mass is 364 g/mol. The van der Waals surface area contributed by atoms with Crippen LogP contribution in [0.5, 0.6) is 0 Å². The Kier molecular flexibility index (Phi) is 4.27. The molecule has 7 heteroatoms. The molecular weight excluding hydrogens is 348 g/mol. The first-order valence-corrected chi connectivity index (χ1v) is 9.26. The number of nitro benzene ring substituents is 1. The molecule has 0 unspecified atom stereocenters. The predicted octanol–water partition coefficient (Wildman–Crippen LogP) is 4.46. The van der Waals surface area contributed by atoms with E-state index >= 15 is 0 Å². The van der Waals surface area contributed by atoms with E-state index in [1.54, 1.807) is 17.4 Å². The van der Waals surface area contributed by atoms with E-state index < -0.39 is 0 Å². The molecular formula is C19H16N4O2S. The zero-order valence-corrected chi connectivity index (χ0v) is 14.8. The van der Waals surface area contributed by atoms with Crippen LogP contribution < -0.4 is 4.90 Å². The van der Waals surface area contributed by atoms with Crippen molar-refractivity contribution in [3.8, 4) is 6.07 Å². The van der Waals surface area contributed by atoms with Gasteiger partial charge in [0.1, 0.15) is 5.69 Å². The maximum atomic E-state index is 11.3. The third kappa shape index (κ3) is 3.00. The number of anilines is 1. The highest BCUT2D eigenvalue weighted by Gasteiger charge is 2.27. The van der Waals surface area contributed by atoms with Crippen molar-refractivity contribution < 1.29 is 4.92 Å². The van der Waals surface area contributed by atoms with Crippen LogP contribution in [0.4, 0.5) is 11.4 Å². The summed E-state index contributed by atoms with van der Waals surface area (Å²) in [6, 6.07) is 14.7. The van der Waals surface area contributed by atoms with Gasteiger partial charge in [-0.1, -0.05) is 12.1 Å². The number of nitrogens with zero attached hydrogens (tertiary/aromatic N) is 4. The van der Waals surface area contributed by atoms with Crippen molar-refractivity contribution in [2.75, 3.05) is 18.0 Å². The quantitative estimate of drug-likeness (QED) is 0.506. The summed E-state index contributed by atoms with van der Waals surface area (Å²) in [7, 11) is 0. The lowest BCUT2D eigenvalue weighted by Gasteiger charge is -2.32. The fourth-order valence-electron chi connectivity index (χ4n) is 3.43. The number of hydrogen-bond acceptors (Lipinski definition) is 6. The Labute approximate surface area is 154 Å². The highest BCUT2D eigenvalue weighted by Crippen LogP contribution is 2.37. The number of rotatable bonds is 3. The van der Waals surface area contributed by atoms with Crippen LogP contribution >= 0.6 is 11.3 Å². The van der Waals surface area contributed by atoms with Gasteiger partial charge in [-0.25, -0.2) is 4.98 Å². The number of benzene rings is 2. The second-order valence-electron chi connectivity index (χ2n) is 6.35. The van der Waals surface area contributed by atoms with Gasteiger partial charge >= 0.3 is 0 Å². The maximum absolute atomic E-state index is 11.3. The SMILES string of the molecule is N#Cc1ccc([N+](=O)[O-])c(N2CCC(c3nc4ccccc4s3)CC2)c1. The van der Waals surface area contributed by atoms with Crippen molar-refractivity contribution in [1.29, 1.82) is 5.26 Å². The first-order chi connectivity index (χ1) is 12.7. The maximum Gasteiger partial charge on any atom is 0.292 e. The van der Waals surface area contributed by atoms with Gasteiger partial charge in [0.15, 0.2) is 0 Å². The van der Waals surface area contributed by atoms with Crippen molar-refractivity contribution in [1.82, 2.24) is 4.98 Å². The van der Waals surface area contributed by atoms with Gasteiger partial charge in [0, 0.05) is 25.1 Å². The molecule has 130 valence electrons. The summed E-state index contributed by atoms with van der Waals surface area (Å²) < 4.78 is 1.20. The van der Waals surface area contributed by atoms with Crippen LogP contribution in [0.1, 0.15) is 29.3 Å². The van der Waals surface area contributed by atoms with E-state index in [9.17, 15) is 10.1 Å². The molecule has 0 amide bonds. The Morgan fingerprint density at radius 2 is 2.00 bits per heavy atom. The first-order valence-electron chi connectivity index (χ1n) is 8.44. The zero-order chi connectivity index (χ0) is 18.1. The molecule has 1 aromatic heterocycles.